The van der Waals surface area contributed by atoms with Crippen LogP contribution in [-0.4, -0.2) is 39.1 Å². The first-order chi connectivity index (χ1) is 15.7. The Labute approximate surface area is 191 Å². The topological polar surface area (TPSA) is 75.0 Å². The van der Waals surface area contributed by atoms with Gasteiger partial charge in [-0.2, -0.15) is 0 Å². The average Bonchev–Trinajstić information content (AvgIpc) is 3.56. The molecule has 164 valence electrons. The Hall–Kier alpha value is -3.12. The number of rotatable bonds is 7. The van der Waals surface area contributed by atoms with E-state index in [1.54, 1.807) is 0 Å². The summed E-state index contributed by atoms with van der Waals surface area (Å²) >= 11 is 6.33. The summed E-state index contributed by atoms with van der Waals surface area (Å²) in [5.74, 6) is 1.55. The van der Waals surface area contributed by atoms with Crippen molar-refractivity contribution < 1.29 is 9.21 Å². The lowest BCUT2D eigenvalue weighted by atomic mass is 9.98. The van der Waals surface area contributed by atoms with Gasteiger partial charge in [-0.05, 0) is 36.1 Å². The highest BCUT2D eigenvalue weighted by Gasteiger charge is 2.28. The third-order valence-electron chi connectivity index (χ3n) is 6.23. The number of para-hydroxylation sites is 1. The highest BCUT2D eigenvalue weighted by Crippen LogP contribution is 2.32. The van der Waals surface area contributed by atoms with Crippen LogP contribution in [0.2, 0.25) is 5.02 Å². The van der Waals surface area contributed by atoms with Crippen molar-refractivity contribution in [2.24, 2.45) is 0 Å². The number of aryl methyl sites for hydroxylation is 3. The van der Waals surface area contributed by atoms with E-state index in [-0.39, 0.29) is 5.91 Å². The molecule has 32 heavy (non-hydrogen) atoms. The molecule has 1 fully saturated rings. The molecule has 4 aromatic rings. The highest BCUT2D eigenvalue weighted by atomic mass is 35.5. The van der Waals surface area contributed by atoms with Crippen LogP contribution in [0.3, 0.4) is 0 Å². The third kappa shape index (κ3) is 4.41. The van der Waals surface area contributed by atoms with Gasteiger partial charge in [0.1, 0.15) is 0 Å². The van der Waals surface area contributed by atoms with Gasteiger partial charge in [0.25, 0.3) is 0 Å². The van der Waals surface area contributed by atoms with E-state index in [0.29, 0.717) is 43.5 Å². The summed E-state index contributed by atoms with van der Waals surface area (Å²) in [4.78, 5) is 17.9. The van der Waals surface area contributed by atoms with Gasteiger partial charge < -0.3 is 14.3 Å². The number of amides is 1. The molecule has 1 amide bonds. The van der Waals surface area contributed by atoms with Crippen LogP contribution in [-0.2, 0) is 24.1 Å². The number of aromatic amines is 1. The predicted molar refractivity (Wildman–Crippen MR) is 124 cm³/mol. The Bertz CT molecular complexity index is 1230. The Morgan fingerprint density at radius 3 is 2.72 bits per heavy atom. The molecule has 1 N–H and O–H groups in total. The van der Waals surface area contributed by atoms with Crippen molar-refractivity contribution in [1.82, 2.24) is 20.1 Å². The quantitative estimate of drug-likeness (QED) is 0.434. The predicted octanol–water partition coefficient (Wildman–Crippen LogP) is 4.94. The summed E-state index contributed by atoms with van der Waals surface area (Å²) in [5, 5.41) is 10.3. The van der Waals surface area contributed by atoms with Crippen LogP contribution in [0.5, 0.6) is 0 Å². The Morgan fingerprint density at radius 1 is 1.06 bits per heavy atom. The lowest BCUT2D eigenvalue weighted by Gasteiger charge is -2.16. The minimum atomic E-state index is 0.123. The first kappa shape index (κ1) is 20.8. The third-order valence-corrected chi connectivity index (χ3v) is 6.57. The number of fused-ring (bicyclic) bond motifs is 1. The summed E-state index contributed by atoms with van der Waals surface area (Å²) in [6, 6.07) is 16.1. The van der Waals surface area contributed by atoms with E-state index in [1.165, 1.54) is 10.9 Å². The maximum Gasteiger partial charge on any atom is 0.223 e. The number of likely N-dealkylation sites (tertiary alicyclic amines) is 1. The molecule has 1 aliphatic rings. The fraction of sp³-hybridized carbons (Fsp3) is 0.320. The van der Waals surface area contributed by atoms with E-state index >= 15 is 0 Å². The van der Waals surface area contributed by atoms with Crippen LogP contribution in [0.15, 0.2) is 59.1 Å². The minimum Gasteiger partial charge on any atom is -0.425 e. The standard InChI is InChI=1S/C25H25ClN4O2/c26-21-7-3-1-5-19(21)18-13-14-30(16-18)25(31)12-11-24-29-28-23(32-24)10-9-17-15-27-22-8-4-2-6-20(17)22/h1-8,15,18,27H,9-14,16H2/t18-/m1/s1. The van der Waals surface area contributed by atoms with E-state index in [2.05, 4.69) is 33.4 Å². The van der Waals surface area contributed by atoms with Gasteiger partial charge in [-0.3, -0.25) is 4.79 Å². The van der Waals surface area contributed by atoms with Crippen LogP contribution in [0, 0.1) is 0 Å². The molecule has 1 aliphatic heterocycles. The lowest BCUT2D eigenvalue weighted by Crippen LogP contribution is -2.28. The van der Waals surface area contributed by atoms with Gasteiger partial charge in [-0.15, -0.1) is 10.2 Å². The second kappa shape index (κ2) is 9.17. The van der Waals surface area contributed by atoms with Crippen molar-refractivity contribution in [3.05, 3.63) is 82.7 Å². The van der Waals surface area contributed by atoms with Crippen LogP contribution in [0.25, 0.3) is 10.9 Å². The minimum absolute atomic E-state index is 0.123. The van der Waals surface area contributed by atoms with Gasteiger partial charge in [0.05, 0.1) is 0 Å². The molecule has 5 rings (SSSR count). The van der Waals surface area contributed by atoms with Crippen LogP contribution in [0.1, 0.15) is 41.7 Å². The number of carbonyl (C=O) groups is 1. The summed E-state index contributed by atoms with van der Waals surface area (Å²) in [7, 11) is 0. The molecule has 0 unspecified atom stereocenters. The second-order valence-corrected chi connectivity index (χ2v) is 8.70. The number of H-pyrrole nitrogens is 1. The maximum atomic E-state index is 12.7. The molecule has 7 heteroatoms. The van der Waals surface area contributed by atoms with Crippen molar-refractivity contribution in [2.45, 2.75) is 38.0 Å². The van der Waals surface area contributed by atoms with Crippen LogP contribution >= 0.6 is 11.6 Å². The van der Waals surface area contributed by atoms with Crippen molar-refractivity contribution in [1.29, 1.82) is 0 Å². The molecule has 2 aromatic heterocycles. The molecule has 0 aliphatic carbocycles. The normalized spacial score (nSPS) is 16.2. The van der Waals surface area contributed by atoms with E-state index in [9.17, 15) is 4.79 Å². The largest absolute Gasteiger partial charge is 0.425 e. The van der Waals surface area contributed by atoms with E-state index < -0.39 is 0 Å². The molecule has 1 saturated heterocycles. The van der Waals surface area contributed by atoms with Crippen molar-refractivity contribution in [2.75, 3.05) is 13.1 Å². The van der Waals surface area contributed by atoms with Gasteiger partial charge in [-0.25, -0.2) is 0 Å². The van der Waals surface area contributed by atoms with Gasteiger partial charge in [0, 0.05) is 60.4 Å². The molecular formula is C25H25ClN4O2. The first-order valence-electron chi connectivity index (χ1n) is 11.1. The molecule has 0 saturated carbocycles. The Morgan fingerprint density at radius 2 is 1.84 bits per heavy atom. The number of hydrogen-bond acceptors (Lipinski definition) is 4. The van der Waals surface area contributed by atoms with Crippen molar-refractivity contribution >= 4 is 28.4 Å². The molecular weight excluding hydrogens is 424 g/mol. The monoisotopic (exact) mass is 448 g/mol. The Balaban J connectivity index is 1.12. The molecule has 0 radical (unpaired) electrons. The van der Waals surface area contributed by atoms with Crippen LogP contribution < -0.4 is 0 Å². The molecule has 3 heterocycles. The van der Waals surface area contributed by atoms with Gasteiger partial charge in [0.2, 0.25) is 17.7 Å². The van der Waals surface area contributed by atoms with Gasteiger partial charge in [-0.1, -0.05) is 48.0 Å². The summed E-state index contributed by atoms with van der Waals surface area (Å²) in [5.41, 5.74) is 3.49. The van der Waals surface area contributed by atoms with Crippen molar-refractivity contribution in [3.63, 3.8) is 0 Å². The second-order valence-electron chi connectivity index (χ2n) is 8.30. The zero-order valence-electron chi connectivity index (χ0n) is 17.8. The molecule has 0 spiro atoms. The SMILES string of the molecule is O=C(CCc1nnc(CCc2c[nH]c3ccccc23)o1)N1CC[C@@H](c2ccccc2Cl)C1. The Kier molecular flexibility index (Phi) is 5.95. The lowest BCUT2D eigenvalue weighted by molar-refractivity contribution is -0.130. The average molecular weight is 449 g/mol. The van der Waals surface area contributed by atoms with Gasteiger partial charge >= 0.3 is 0 Å². The molecule has 0 bridgehead atoms. The smallest absolute Gasteiger partial charge is 0.223 e. The fourth-order valence-corrected chi connectivity index (χ4v) is 4.78. The number of nitrogens with zero attached hydrogens (tertiary/aromatic N) is 3. The number of halogens is 1. The van der Waals surface area contributed by atoms with E-state index in [0.717, 1.165) is 35.5 Å². The van der Waals surface area contributed by atoms with Gasteiger partial charge in [0.15, 0.2) is 0 Å². The maximum absolute atomic E-state index is 12.7. The molecule has 2 aromatic carbocycles. The van der Waals surface area contributed by atoms with E-state index in [4.69, 9.17) is 16.0 Å². The molecule has 6 nitrogen and oxygen atoms in total. The van der Waals surface area contributed by atoms with Crippen LogP contribution in [0.4, 0.5) is 0 Å². The van der Waals surface area contributed by atoms with E-state index in [1.807, 2.05) is 41.4 Å². The molecule has 1 atom stereocenters. The number of benzene rings is 2. The summed E-state index contributed by atoms with van der Waals surface area (Å²) in [6.45, 7) is 1.47. The van der Waals surface area contributed by atoms with Crippen molar-refractivity contribution in [3.8, 4) is 0 Å². The first-order valence-corrected chi connectivity index (χ1v) is 11.4. The number of nitrogens with one attached hydrogen (secondary N) is 1. The zero-order valence-corrected chi connectivity index (χ0v) is 18.5. The summed E-state index contributed by atoms with van der Waals surface area (Å²) < 4.78 is 5.79. The number of aromatic nitrogens is 3. The summed E-state index contributed by atoms with van der Waals surface area (Å²) in [6.07, 6.45) is 5.31. The highest BCUT2D eigenvalue weighted by molar-refractivity contribution is 6.31. The zero-order chi connectivity index (χ0) is 21.9. The number of carbonyl (C=O) groups excluding carboxylic acids is 1. The fourth-order valence-electron chi connectivity index (χ4n) is 4.49. The number of hydrogen-bond donors (Lipinski definition) is 1.